The molecular weight excluding hydrogens is 192 g/mol. The van der Waals surface area contributed by atoms with Crippen LogP contribution in [0.5, 0.6) is 0 Å². The van der Waals surface area contributed by atoms with E-state index in [1.54, 1.807) is 5.56 Å². The zero-order chi connectivity index (χ0) is 12.6. The van der Waals surface area contributed by atoms with Gasteiger partial charge in [0.05, 0.1) is 0 Å². The van der Waals surface area contributed by atoms with E-state index >= 15 is 0 Å². The van der Waals surface area contributed by atoms with Crippen molar-refractivity contribution in [1.82, 2.24) is 0 Å². The first-order valence-electron chi connectivity index (χ1n) is 6.85. The quantitative estimate of drug-likeness (QED) is 0.630. The first kappa shape index (κ1) is 15.2. The first-order valence-corrected chi connectivity index (χ1v) is 6.85. The SMILES string of the molecule is CC.CC.CCc1ccccc1C1(C)CC1. The lowest BCUT2D eigenvalue weighted by atomic mass is 9.92. The molecule has 1 aliphatic carbocycles. The van der Waals surface area contributed by atoms with E-state index in [0.717, 1.165) is 0 Å². The van der Waals surface area contributed by atoms with E-state index in [-0.39, 0.29) is 0 Å². The Hall–Kier alpha value is -0.780. The van der Waals surface area contributed by atoms with Gasteiger partial charge in [-0.3, -0.25) is 0 Å². The molecule has 1 aromatic carbocycles. The van der Waals surface area contributed by atoms with E-state index in [0.29, 0.717) is 5.41 Å². The third-order valence-electron chi connectivity index (χ3n) is 3.05. The van der Waals surface area contributed by atoms with Gasteiger partial charge in [0.25, 0.3) is 0 Å². The number of hydrogen-bond acceptors (Lipinski definition) is 0. The third-order valence-corrected chi connectivity index (χ3v) is 3.05. The molecule has 0 heteroatoms. The summed E-state index contributed by atoms with van der Waals surface area (Å²) in [6.07, 6.45) is 3.93. The molecule has 0 bridgehead atoms. The second-order valence-electron chi connectivity index (χ2n) is 4.07. The van der Waals surface area contributed by atoms with Gasteiger partial charge in [-0.15, -0.1) is 0 Å². The van der Waals surface area contributed by atoms with Crippen LogP contribution in [0.3, 0.4) is 0 Å². The average Bonchev–Trinajstić information content (AvgIpc) is 3.13. The summed E-state index contributed by atoms with van der Waals surface area (Å²) in [5.41, 5.74) is 3.66. The number of hydrogen-bond donors (Lipinski definition) is 0. The molecule has 1 fully saturated rings. The lowest BCUT2D eigenvalue weighted by Gasteiger charge is -2.13. The van der Waals surface area contributed by atoms with Gasteiger partial charge in [-0.1, -0.05) is 65.8 Å². The van der Waals surface area contributed by atoms with E-state index in [1.165, 1.54) is 24.8 Å². The summed E-state index contributed by atoms with van der Waals surface area (Å²) >= 11 is 0. The highest BCUT2D eigenvalue weighted by Crippen LogP contribution is 2.48. The minimum absolute atomic E-state index is 0.534. The fourth-order valence-corrected chi connectivity index (χ4v) is 1.87. The maximum absolute atomic E-state index is 2.38. The zero-order valence-corrected chi connectivity index (χ0v) is 11.9. The molecule has 16 heavy (non-hydrogen) atoms. The first-order chi connectivity index (χ1) is 7.76. The van der Waals surface area contributed by atoms with Crippen molar-refractivity contribution in [2.24, 2.45) is 0 Å². The van der Waals surface area contributed by atoms with Crippen LogP contribution in [-0.4, -0.2) is 0 Å². The highest BCUT2D eigenvalue weighted by atomic mass is 14.4. The van der Waals surface area contributed by atoms with Gasteiger partial charge < -0.3 is 0 Å². The van der Waals surface area contributed by atoms with Gasteiger partial charge >= 0.3 is 0 Å². The maximum atomic E-state index is 2.38. The fourth-order valence-electron chi connectivity index (χ4n) is 1.87. The van der Waals surface area contributed by atoms with Crippen LogP contribution in [-0.2, 0) is 11.8 Å². The van der Waals surface area contributed by atoms with Crippen LogP contribution in [0, 0.1) is 0 Å². The molecular formula is C16H28. The zero-order valence-electron chi connectivity index (χ0n) is 11.9. The Balaban J connectivity index is 0.000000509. The second-order valence-corrected chi connectivity index (χ2v) is 4.07. The van der Waals surface area contributed by atoms with E-state index in [9.17, 15) is 0 Å². The Kier molecular flexibility index (Phi) is 7.12. The lowest BCUT2D eigenvalue weighted by molar-refractivity contribution is 0.771. The molecule has 0 amide bonds. The predicted molar refractivity (Wildman–Crippen MR) is 75.1 cm³/mol. The minimum atomic E-state index is 0.534. The summed E-state index contributed by atoms with van der Waals surface area (Å²) in [4.78, 5) is 0. The van der Waals surface area contributed by atoms with Crippen LogP contribution in [0.4, 0.5) is 0 Å². The van der Waals surface area contributed by atoms with Gasteiger partial charge in [-0.05, 0) is 35.8 Å². The fraction of sp³-hybridized carbons (Fsp3) is 0.625. The summed E-state index contributed by atoms with van der Waals surface area (Å²) in [7, 11) is 0. The van der Waals surface area contributed by atoms with E-state index < -0.39 is 0 Å². The molecule has 0 N–H and O–H groups in total. The van der Waals surface area contributed by atoms with Gasteiger partial charge in [0.2, 0.25) is 0 Å². The standard InChI is InChI=1S/C12H16.2C2H6/c1-3-10-6-4-5-7-11(10)12(2)8-9-12;2*1-2/h4-7H,3,8-9H2,1-2H3;2*1-2H3. The summed E-state index contributed by atoms with van der Waals surface area (Å²) in [6.45, 7) is 12.6. The molecule has 1 aromatic rings. The second kappa shape index (κ2) is 7.49. The van der Waals surface area contributed by atoms with Crippen LogP contribution >= 0.6 is 0 Å². The molecule has 0 spiro atoms. The summed E-state index contributed by atoms with van der Waals surface area (Å²) in [5, 5.41) is 0. The minimum Gasteiger partial charge on any atom is -0.0683 e. The molecule has 0 aromatic heterocycles. The highest BCUT2D eigenvalue weighted by Gasteiger charge is 2.39. The molecule has 0 nitrogen and oxygen atoms in total. The van der Waals surface area contributed by atoms with Gasteiger partial charge in [-0.25, -0.2) is 0 Å². The highest BCUT2D eigenvalue weighted by molar-refractivity contribution is 5.37. The van der Waals surface area contributed by atoms with Crippen molar-refractivity contribution in [1.29, 1.82) is 0 Å². The molecule has 1 aliphatic rings. The monoisotopic (exact) mass is 220 g/mol. The van der Waals surface area contributed by atoms with Crippen molar-refractivity contribution < 1.29 is 0 Å². The predicted octanol–water partition coefficient (Wildman–Crippen LogP) is 5.35. The van der Waals surface area contributed by atoms with Gasteiger partial charge in [0.1, 0.15) is 0 Å². The summed E-state index contributed by atoms with van der Waals surface area (Å²) < 4.78 is 0. The number of benzene rings is 1. The Morgan fingerprint density at radius 2 is 1.50 bits per heavy atom. The van der Waals surface area contributed by atoms with Crippen LogP contribution in [0.25, 0.3) is 0 Å². The van der Waals surface area contributed by atoms with Crippen LogP contribution in [0.15, 0.2) is 24.3 Å². The van der Waals surface area contributed by atoms with E-state index in [4.69, 9.17) is 0 Å². The lowest BCUT2D eigenvalue weighted by Crippen LogP contribution is -2.03. The molecule has 0 unspecified atom stereocenters. The Labute approximate surface area is 102 Å². The molecule has 1 saturated carbocycles. The van der Waals surface area contributed by atoms with Gasteiger partial charge in [0.15, 0.2) is 0 Å². The molecule has 0 aliphatic heterocycles. The van der Waals surface area contributed by atoms with Crippen molar-refractivity contribution in [2.75, 3.05) is 0 Å². The van der Waals surface area contributed by atoms with Gasteiger partial charge in [0, 0.05) is 0 Å². The van der Waals surface area contributed by atoms with Crippen molar-refractivity contribution in [2.45, 2.75) is 66.2 Å². The smallest absolute Gasteiger partial charge is 0.00719 e. The Morgan fingerprint density at radius 3 is 1.94 bits per heavy atom. The Morgan fingerprint density at radius 1 is 1.00 bits per heavy atom. The molecule has 92 valence electrons. The molecule has 0 atom stereocenters. The van der Waals surface area contributed by atoms with Crippen LogP contribution in [0.1, 0.15) is 65.5 Å². The topological polar surface area (TPSA) is 0 Å². The summed E-state index contributed by atoms with van der Waals surface area (Å²) in [6, 6.07) is 8.87. The van der Waals surface area contributed by atoms with Crippen molar-refractivity contribution >= 4 is 0 Å². The largest absolute Gasteiger partial charge is 0.0683 e. The van der Waals surface area contributed by atoms with Crippen LogP contribution in [0.2, 0.25) is 0 Å². The van der Waals surface area contributed by atoms with E-state index in [2.05, 4.69) is 38.1 Å². The number of rotatable bonds is 2. The molecule has 2 rings (SSSR count). The number of aryl methyl sites for hydroxylation is 1. The van der Waals surface area contributed by atoms with Crippen LogP contribution < -0.4 is 0 Å². The van der Waals surface area contributed by atoms with Crippen molar-refractivity contribution in [3.05, 3.63) is 35.4 Å². The molecule has 0 saturated heterocycles. The Bertz CT molecular complexity index is 282. The van der Waals surface area contributed by atoms with E-state index in [1.807, 2.05) is 27.7 Å². The van der Waals surface area contributed by atoms with Crippen molar-refractivity contribution in [3.8, 4) is 0 Å². The summed E-state index contributed by atoms with van der Waals surface area (Å²) in [5.74, 6) is 0. The van der Waals surface area contributed by atoms with Crippen molar-refractivity contribution in [3.63, 3.8) is 0 Å². The molecule has 0 heterocycles. The third kappa shape index (κ3) is 3.66. The normalized spacial score (nSPS) is 15.1. The molecule has 0 radical (unpaired) electrons. The average molecular weight is 220 g/mol. The maximum Gasteiger partial charge on any atom is -0.00719 e. The van der Waals surface area contributed by atoms with Gasteiger partial charge in [-0.2, -0.15) is 0 Å².